The van der Waals surface area contributed by atoms with Crippen LogP contribution >= 0.6 is 0 Å². The van der Waals surface area contributed by atoms with Gasteiger partial charge in [0.1, 0.15) is 5.41 Å². The normalized spacial score (nSPS) is 21.2. The number of nitriles is 1. The quantitative estimate of drug-likeness (QED) is 0.656. The zero-order valence-corrected chi connectivity index (χ0v) is 8.71. The SMILES string of the molecule is CCN1CC(C#N)(COC(C)C)C1. The van der Waals surface area contributed by atoms with Crippen LogP contribution in [0.2, 0.25) is 0 Å². The summed E-state index contributed by atoms with van der Waals surface area (Å²) in [4.78, 5) is 2.26. The van der Waals surface area contributed by atoms with Crippen LogP contribution < -0.4 is 0 Å². The minimum atomic E-state index is -0.222. The van der Waals surface area contributed by atoms with Gasteiger partial charge in [0, 0.05) is 13.1 Å². The maximum Gasteiger partial charge on any atom is 0.106 e. The largest absolute Gasteiger partial charge is 0.377 e. The summed E-state index contributed by atoms with van der Waals surface area (Å²) < 4.78 is 5.48. The molecule has 13 heavy (non-hydrogen) atoms. The van der Waals surface area contributed by atoms with E-state index < -0.39 is 0 Å². The van der Waals surface area contributed by atoms with Crippen LogP contribution in [-0.2, 0) is 4.74 Å². The number of ether oxygens (including phenoxy) is 1. The molecule has 3 nitrogen and oxygen atoms in total. The van der Waals surface area contributed by atoms with Gasteiger partial charge in [-0.05, 0) is 20.4 Å². The van der Waals surface area contributed by atoms with E-state index in [0.717, 1.165) is 19.6 Å². The Morgan fingerprint density at radius 1 is 1.54 bits per heavy atom. The summed E-state index contributed by atoms with van der Waals surface area (Å²) in [6, 6.07) is 2.37. The fourth-order valence-electron chi connectivity index (χ4n) is 1.55. The van der Waals surface area contributed by atoms with E-state index in [2.05, 4.69) is 17.9 Å². The summed E-state index contributed by atoms with van der Waals surface area (Å²) in [7, 11) is 0. The fourth-order valence-corrected chi connectivity index (χ4v) is 1.55. The summed E-state index contributed by atoms with van der Waals surface area (Å²) >= 11 is 0. The minimum Gasteiger partial charge on any atom is -0.377 e. The predicted molar refractivity (Wildman–Crippen MR) is 51.2 cm³/mol. The maximum absolute atomic E-state index is 9.01. The van der Waals surface area contributed by atoms with E-state index in [1.54, 1.807) is 0 Å². The molecule has 0 aromatic carbocycles. The molecule has 0 atom stereocenters. The van der Waals surface area contributed by atoms with Gasteiger partial charge in [0.2, 0.25) is 0 Å². The van der Waals surface area contributed by atoms with E-state index in [1.165, 1.54) is 0 Å². The molecular formula is C10H18N2O. The highest BCUT2D eigenvalue weighted by Crippen LogP contribution is 2.29. The van der Waals surface area contributed by atoms with Crippen molar-refractivity contribution in [1.29, 1.82) is 5.26 Å². The molecule has 1 heterocycles. The maximum atomic E-state index is 9.01. The summed E-state index contributed by atoms with van der Waals surface area (Å²) in [5.74, 6) is 0. The molecule has 0 spiro atoms. The molecule has 3 heteroatoms. The number of likely N-dealkylation sites (tertiary alicyclic amines) is 1. The van der Waals surface area contributed by atoms with Crippen LogP contribution in [0.5, 0.6) is 0 Å². The topological polar surface area (TPSA) is 36.3 Å². The second-order valence-electron chi connectivity index (χ2n) is 4.06. The van der Waals surface area contributed by atoms with Gasteiger partial charge >= 0.3 is 0 Å². The highest BCUT2D eigenvalue weighted by Gasteiger charge is 2.42. The van der Waals surface area contributed by atoms with Crippen molar-refractivity contribution in [2.45, 2.75) is 26.9 Å². The first-order chi connectivity index (χ1) is 6.12. The zero-order chi connectivity index (χ0) is 9.90. The average Bonchev–Trinajstić information content (AvgIpc) is 2.03. The molecular weight excluding hydrogens is 164 g/mol. The van der Waals surface area contributed by atoms with Gasteiger partial charge in [0.15, 0.2) is 0 Å². The average molecular weight is 182 g/mol. The van der Waals surface area contributed by atoms with Crippen LogP contribution in [0.15, 0.2) is 0 Å². The van der Waals surface area contributed by atoms with Crippen LogP contribution in [0.3, 0.4) is 0 Å². The molecule has 1 aliphatic rings. The van der Waals surface area contributed by atoms with Crippen LogP contribution in [0, 0.1) is 16.7 Å². The number of rotatable bonds is 4. The Morgan fingerprint density at radius 3 is 2.54 bits per heavy atom. The van der Waals surface area contributed by atoms with E-state index in [0.29, 0.717) is 6.61 Å². The Bertz CT molecular complexity index is 201. The lowest BCUT2D eigenvalue weighted by Gasteiger charge is -2.45. The van der Waals surface area contributed by atoms with Crippen molar-refractivity contribution in [1.82, 2.24) is 4.90 Å². The van der Waals surface area contributed by atoms with Crippen molar-refractivity contribution in [3.8, 4) is 6.07 Å². The highest BCUT2D eigenvalue weighted by atomic mass is 16.5. The number of hydrogen-bond donors (Lipinski definition) is 0. The van der Waals surface area contributed by atoms with Gasteiger partial charge in [0.25, 0.3) is 0 Å². The van der Waals surface area contributed by atoms with E-state index in [4.69, 9.17) is 10.00 Å². The Hall–Kier alpha value is -0.590. The van der Waals surface area contributed by atoms with Crippen molar-refractivity contribution in [3.05, 3.63) is 0 Å². The minimum absolute atomic E-state index is 0.222. The molecule has 1 fully saturated rings. The van der Waals surface area contributed by atoms with Crippen LogP contribution in [0.1, 0.15) is 20.8 Å². The van der Waals surface area contributed by atoms with Gasteiger partial charge in [-0.25, -0.2) is 0 Å². The fraction of sp³-hybridized carbons (Fsp3) is 0.900. The van der Waals surface area contributed by atoms with Crippen LogP contribution in [0.4, 0.5) is 0 Å². The molecule has 0 aromatic rings. The Balaban J connectivity index is 2.34. The van der Waals surface area contributed by atoms with Crippen molar-refractivity contribution in [2.24, 2.45) is 5.41 Å². The third-order valence-corrected chi connectivity index (χ3v) is 2.43. The van der Waals surface area contributed by atoms with Crippen molar-refractivity contribution in [3.63, 3.8) is 0 Å². The van der Waals surface area contributed by atoms with Crippen molar-refractivity contribution >= 4 is 0 Å². The summed E-state index contributed by atoms with van der Waals surface area (Å²) in [5, 5.41) is 9.01. The van der Waals surface area contributed by atoms with Gasteiger partial charge in [-0.2, -0.15) is 5.26 Å². The van der Waals surface area contributed by atoms with Crippen molar-refractivity contribution in [2.75, 3.05) is 26.2 Å². The van der Waals surface area contributed by atoms with Gasteiger partial charge in [-0.15, -0.1) is 0 Å². The molecule has 0 saturated carbocycles. The third kappa shape index (κ3) is 2.43. The predicted octanol–water partition coefficient (Wildman–Crippen LogP) is 1.26. The van der Waals surface area contributed by atoms with Gasteiger partial charge in [-0.1, -0.05) is 6.92 Å². The number of nitrogens with zero attached hydrogens (tertiary/aromatic N) is 2. The molecule has 0 bridgehead atoms. The Labute approximate surface area is 80.3 Å². The first-order valence-corrected chi connectivity index (χ1v) is 4.87. The van der Waals surface area contributed by atoms with Crippen LogP contribution in [0.25, 0.3) is 0 Å². The molecule has 1 rings (SSSR count). The molecule has 0 unspecified atom stereocenters. The Morgan fingerprint density at radius 2 is 2.15 bits per heavy atom. The second kappa shape index (κ2) is 4.08. The summed E-state index contributed by atoms with van der Waals surface area (Å²) in [5.41, 5.74) is -0.222. The van der Waals surface area contributed by atoms with Crippen LogP contribution in [-0.4, -0.2) is 37.2 Å². The molecule has 0 aliphatic carbocycles. The molecule has 0 N–H and O–H groups in total. The lowest BCUT2D eigenvalue weighted by atomic mass is 9.82. The lowest BCUT2D eigenvalue weighted by molar-refractivity contribution is -0.0457. The van der Waals surface area contributed by atoms with E-state index >= 15 is 0 Å². The van der Waals surface area contributed by atoms with E-state index in [9.17, 15) is 0 Å². The molecule has 0 amide bonds. The molecule has 1 aliphatic heterocycles. The first kappa shape index (κ1) is 10.5. The standard InChI is InChI=1S/C10H18N2O/c1-4-12-6-10(5-11,7-12)8-13-9(2)3/h9H,4,6-8H2,1-3H3. The number of hydrogen-bond acceptors (Lipinski definition) is 3. The highest BCUT2D eigenvalue weighted by molar-refractivity contribution is 5.09. The summed E-state index contributed by atoms with van der Waals surface area (Å²) in [6.07, 6.45) is 0.223. The van der Waals surface area contributed by atoms with Gasteiger partial charge in [0.05, 0.1) is 18.8 Å². The molecule has 0 aromatic heterocycles. The first-order valence-electron chi connectivity index (χ1n) is 4.87. The smallest absolute Gasteiger partial charge is 0.106 e. The molecule has 74 valence electrons. The molecule has 1 saturated heterocycles. The zero-order valence-electron chi connectivity index (χ0n) is 8.71. The summed E-state index contributed by atoms with van der Waals surface area (Å²) in [6.45, 7) is 9.47. The Kier molecular flexibility index (Phi) is 3.29. The second-order valence-corrected chi connectivity index (χ2v) is 4.06. The van der Waals surface area contributed by atoms with Crippen molar-refractivity contribution < 1.29 is 4.74 Å². The van der Waals surface area contributed by atoms with E-state index in [1.807, 2.05) is 13.8 Å². The molecule has 0 radical (unpaired) electrons. The third-order valence-electron chi connectivity index (χ3n) is 2.43. The monoisotopic (exact) mass is 182 g/mol. The van der Waals surface area contributed by atoms with Gasteiger partial charge < -0.3 is 9.64 Å². The van der Waals surface area contributed by atoms with Gasteiger partial charge in [-0.3, -0.25) is 0 Å². The van der Waals surface area contributed by atoms with E-state index in [-0.39, 0.29) is 11.5 Å². The lowest BCUT2D eigenvalue weighted by Crippen LogP contribution is -2.57.